The summed E-state index contributed by atoms with van der Waals surface area (Å²) in [6, 6.07) is 6.58. The highest BCUT2D eigenvalue weighted by atomic mass is 35.5. The molecule has 1 aromatic carbocycles. The Morgan fingerprint density at radius 2 is 2.18 bits per heavy atom. The molecule has 1 aliphatic rings. The number of anilines is 1. The SMILES string of the molecule is Cc1c(Cl)cccc1NC(=O)N1CC(c2nccc(=O)[nH]2)C1. The molecule has 0 aliphatic carbocycles. The lowest BCUT2D eigenvalue weighted by Crippen LogP contribution is -2.51. The van der Waals surface area contributed by atoms with Gasteiger partial charge in [-0.15, -0.1) is 0 Å². The van der Waals surface area contributed by atoms with E-state index in [-0.39, 0.29) is 17.5 Å². The molecule has 22 heavy (non-hydrogen) atoms. The molecular formula is C15H15ClN4O2. The first-order valence-corrected chi connectivity index (χ1v) is 7.28. The third kappa shape index (κ3) is 2.82. The number of carbonyl (C=O) groups is 1. The van der Waals surface area contributed by atoms with Crippen LogP contribution in [0.25, 0.3) is 0 Å². The number of nitrogens with zero attached hydrogens (tertiary/aromatic N) is 2. The number of carbonyl (C=O) groups excluding carboxylic acids is 1. The minimum atomic E-state index is -0.181. The number of rotatable bonds is 2. The standard InChI is InChI=1S/C15H15ClN4O2/c1-9-11(16)3-2-4-12(9)18-15(22)20-7-10(8-20)14-17-6-5-13(21)19-14/h2-6,10H,7-8H2,1H3,(H,18,22)(H,17,19,21). The lowest BCUT2D eigenvalue weighted by molar-refractivity contribution is 0.160. The molecule has 1 aromatic heterocycles. The maximum absolute atomic E-state index is 12.2. The highest BCUT2D eigenvalue weighted by Gasteiger charge is 2.33. The third-order valence-electron chi connectivity index (χ3n) is 3.76. The Labute approximate surface area is 132 Å². The second-order valence-corrected chi connectivity index (χ2v) is 5.67. The third-order valence-corrected chi connectivity index (χ3v) is 4.17. The number of urea groups is 1. The first-order valence-electron chi connectivity index (χ1n) is 6.91. The number of benzene rings is 1. The molecule has 0 bridgehead atoms. The number of hydrogen-bond donors (Lipinski definition) is 2. The fourth-order valence-corrected chi connectivity index (χ4v) is 2.52. The fraction of sp³-hybridized carbons (Fsp3) is 0.267. The summed E-state index contributed by atoms with van der Waals surface area (Å²) in [6.45, 7) is 2.91. The van der Waals surface area contributed by atoms with Gasteiger partial charge in [-0.05, 0) is 24.6 Å². The van der Waals surface area contributed by atoms with Crippen LogP contribution in [0.5, 0.6) is 0 Å². The van der Waals surface area contributed by atoms with Crippen LogP contribution in [0, 0.1) is 6.92 Å². The van der Waals surface area contributed by atoms with Crippen molar-refractivity contribution in [3.8, 4) is 0 Å². The smallest absolute Gasteiger partial charge is 0.321 e. The number of likely N-dealkylation sites (tertiary alicyclic amines) is 1. The first-order chi connectivity index (χ1) is 10.5. The summed E-state index contributed by atoms with van der Waals surface area (Å²) in [6.07, 6.45) is 1.48. The fourth-order valence-electron chi connectivity index (χ4n) is 2.35. The number of H-pyrrole nitrogens is 1. The van der Waals surface area contributed by atoms with Crippen molar-refractivity contribution in [2.24, 2.45) is 0 Å². The average molecular weight is 319 g/mol. The zero-order valence-electron chi connectivity index (χ0n) is 12.0. The number of aromatic nitrogens is 2. The van der Waals surface area contributed by atoms with Gasteiger partial charge in [0.25, 0.3) is 5.56 Å². The molecule has 7 heteroatoms. The summed E-state index contributed by atoms with van der Waals surface area (Å²) >= 11 is 6.04. The van der Waals surface area contributed by atoms with Gasteiger partial charge in [0.15, 0.2) is 0 Å². The lowest BCUT2D eigenvalue weighted by Gasteiger charge is -2.38. The number of nitrogens with one attached hydrogen (secondary N) is 2. The Morgan fingerprint density at radius 3 is 2.91 bits per heavy atom. The molecule has 0 unspecified atom stereocenters. The molecule has 0 radical (unpaired) electrons. The van der Waals surface area contributed by atoms with Crippen LogP contribution < -0.4 is 10.9 Å². The van der Waals surface area contributed by atoms with Crippen LogP contribution in [0.3, 0.4) is 0 Å². The van der Waals surface area contributed by atoms with Crippen molar-refractivity contribution in [2.45, 2.75) is 12.8 Å². The summed E-state index contributed by atoms with van der Waals surface area (Å²) in [5, 5.41) is 3.46. The number of amides is 2. The highest BCUT2D eigenvalue weighted by Crippen LogP contribution is 2.26. The van der Waals surface area contributed by atoms with Gasteiger partial charge in [-0.2, -0.15) is 0 Å². The summed E-state index contributed by atoms with van der Waals surface area (Å²) in [4.78, 5) is 31.9. The van der Waals surface area contributed by atoms with Crippen molar-refractivity contribution in [2.75, 3.05) is 18.4 Å². The molecule has 3 rings (SSSR count). The zero-order valence-corrected chi connectivity index (χ0v) is 12.7. The van der Waals surface area contributed by atoms with Crippen LogP contribution in [-0.4, -0.2) is 34.0 Å². The summed E-state index contributed by atoms with van der Waals surface area (Å²) in [5.41, 5.74) is 1.36. The monoisotopic (exact) mass is 318 g/mol. The number of halogens is 1. The Hall–Kier alpha value is -2.34. The Balaban J connectivity index is 1.62. The number of aromatic amines is 1. The van der Waals surface area contributed by atoms with Crippen LogP contribution in [0.1, 0.15) is 17.3 Å². The molecular weight excluding hydrogens is 304 g/mol. The molecule has 2 heterocycles. The van der Waals surface area contributed by atoms with E-state index in [1.165, 1.54) is 12.3 Å². The topological polar surface area (TPSA) is 78.1 Å². The van der Waals surface area contributed by atoms with E-state index in [0.29, 0.717) is 29.6 Å². The van der Waals surface area contributed by atoms with E-state index in [9.17, 15) is 9.59 Å². The second-order valence-electron chi connectivity index (χ2n) is 5.26. The molecule has 1 fully saturated rings. The van der Waals surface area contributed by atoms with E-state index in [4.69, 9.17) is 11.6 Å². The Bertz CT molecular complexity index is 768. The van der Waals surface area contributed by atoms with Crippen molar-refractivity contribution >= 4 is 23.3 Å². The molecule has 0 spiro atoms. The molecule has 2 amide bonds. The van der Waals surface area contributed by atoms with Crippen LogP contribution >= 0.6 is 11.6 Å². The first kappa shape index (κ1) is 14.6. The largest absolute Gasteiger partial charge is 0.323 e. The summed E-state index contributed by atoms with van der Waals surface area (Å²) < 4.78 is 0. The molecule has 1 saturated heterocycles. The molecule has 1 aliphatic heterocycles. The van der Waals surface area contributed by atoms with E-state index >= 15 is 0 Å². The van der Waals surface area contributed by atoms with Gasteiger partial charge in [-0.25, -0.2) is 9.78 Å². The molecule has 2 aromatic rings. The van der Waals surface area contributed by atoms with Crippen molar-refractivity contribution in [1.29, 1.82) is 0 Å². The van der Waals surface area contributed by atoms with Crippen molar-refractivity contribution in [3.05, 3.63) is 57.2 Å². The van der Waals surface area contributed by atoms with Gasteiger partial charge in [0.2, 0.25) is 0 Å². The van der Waals surface area contributed by atoms with E-state index in [1.807, 2.05) is 13.0 Å². The predicted octanol–water partition coefficient (Wildman–Crippen LogP) is 2.36. The van der Waals surface area contributed by atoms with Gasteiger partial charge < -0.3 is 15.2 Å². The van der Waals surface area contributed by atoms with E-state index in [1.54, 1.807) is 17.0 Å². The van der Waals surface area contributed by atoms with Gasteiger partial charge in [0, 0.05) is 36.1 Å². The molecule has 0 saturated carbocycles. The summed E-state index contributed by atoms with van der Waals surface area (Å²) in [5.74, 6) is 0.690. The minimum absolute atomic E-state index is 0.0695. The van der Waals surface area contributed by atoms with Crippen molar-refractivity contribution in [3.63, 3.8) is 0 Å². The Kier molecular flexibility index (Phi) is 3.85. The van der Waals surface area contributed by atoms with E-state index in [0.717, 1.165) is 5.56 Å². The van der Waals surface area contributed by atoms with Crippen LogP contribution in [0.4, 0.5) is 10.5 Å². The van der Waals surface area contributed by atoms with Gasteiger partial charge in [0.05, 0.1) is 5.92 Å². The van der Waals surface area contributed by atoms with Gasteiger partial charge in [-0.3, -0.25) is 4.79 Å². The van der Waals surface area contributed by atoms with E-state index < -0.39 is 0 Å². The molecule has 114 valence electrons. The lowest BCUT2D eigenvalue weighted by atomic mass is 10.00. The Morgan fingerprint density at radius 1 is 1.41 bits per heavy atom. The molecule has 6 nitrogen and oxygen atoms in total. The maximum Gasteiger partial charge on any atom is 0.321 e. The van der Waals surface area contributed by atoms with Crippen LogP contribution in [0.15, 0.2) is 35.3 Å². The normalized spacial score (nSPS) is 14.5. The van der Waals surface area contributed by atoms with Gasteiger partial charge in [-0.1, -0.05) is 17.7 Å². The van der Waals surface area contributed by atoms with Crippen LogP contribution in [-0.2, 0) is 0 Å². The highest BCUT2D eigenvalue weighted by molar-refractivity contribution is 6.31. The van der Waals surface area contributed by atoms with Crippen molar-refractivity contribution in [1.82, 2.24) is 14.9 Å². The van der Waals surface area contributed by atoms with Crippen molar-refractivity contribution < 1.29 is 4.79 Å². The molecule has 2 N–H and O–H groups in total. The molecule has 0 atom stereocenters. The zero-order chi connectivity index (χ0) is 15.7. The summed E-state index contributed by atoms with van der Waals surface area (Å²) in [7, 11) is 0. The quantitative estimate of drug-likeness (QED) is 0.892. The number of hydrogen-bond acceptors (Lipinski definition) is 3. The van der Waals surface area contributed by atoms with Gasteiger partial charge in [0.1, 0.15) is 5.82 Å². The van der Waals surface area contributed by atoms with Gasteiger partial charge >= 0.3 is 6.03 Å². The minimum Gasteiger partial charge on any atom is -0.323 e. The average Bonchev–Trinajstić information content (AvgIpc) is 2.42. The maximum atomic E-state index is 12.2. The second kappa shape index (κ2) is 5.81. The van der Waals surface area contributed by atoms with E-state index in [2.05, 4.69) is 15.3 Å². The van der Waals surface area contributed by atoms with Crippen LogP contribution in [0.2, 0.25) is 5.02 Å². The predicted molar refractivity (Wildman–Crippen MR) is 84.4 cm³/mol.